The number of aryl methyl sites for hydroxylation is 1. The van der Waals surface area contributed by atoms with Crippen LogP contribution < -0.4 is 14.8 Å². The van der Waals surface area contributed by atoms with Crippen molar-refractivity contribution in [1.29, 1.82) is 0 Å². The van der Waals surface area contributed by atoms with E-state index in [0.717, 1.165) is 49.2 Å². The van der Waals surface area contributed by atoms with Crippen molar-refractivity contribution >= 4 is 28.8 Å². The Morgan fingerprint density at radius 3 is 2.66 bits per heavy atom. The molecule has 0 bridgehead atoms. The van der Waals surface area contributed by atoms with Crippen molar-refractivity contribution in [3.05, 3.63) is 39.6 Å². The highest BCUT2D eigenvalue weighted by Crippen LogP contribution is 2.35. The predicted octanol–water partition coefficient (Wildman–Crippen LogP) is 3.74. The molecule has 0 spiro atoms. The van der Waals surface area contributed by atoms with Crippen LogP contribution in [0.25, 0.3) is 0 Å². The van der Waals surface area contributed by atoms with Crippen LogP contribution in [0.2, 0.25) is 0 Å². The second kappa shape index (κ2) is 8.45. The normalized spacial score (nSPS) is 18.3. The molecule has 0 saturated carbocycles. The average molecular weight is 415 g/mol. The number of carbonyl (C=O) groups excluding carboxylic acids is 2. The van der Waals surface area contributed by atoms with Crippen LogP contribution in [0.5, 0.6) is 11.5 Å². The minimum Gasteiger partial charge on any atom is -0.497 e. The molecular formula is C22H26N2O4S. The Morgan fingerprint density at radius 2 is 1.93 bits per heavy atom. The average Bonchev–Trinajstić information content (AvgIpc) is 3.42. The number of ether oxygens (including phenoxy) is 2. The van der Waals surface area contributed by atoms with Crippen LogP contribution in [-0.2, 0) is 17.6 Å². The first-order valence-electron chi connectivity index (χ1n) is 10.0. The van der Waals surface area contributed by atoms with E-state index in [1.54, 1.807) is 43.8 Å². The SMILES string of the molecule is COc1ccc(OC)c(NC(=O)C2CCc3sc(C(=O)N4CCCC4)cc3C2)c1. The molecule has 29 heavy (non-hydrogen) atoms. The Bertz CT molecular complexity index is 918. The molecule has 2 heterocycles. The first-order chi connectivity index (χ1) is 14.1. The number of nitrogens with zero attached hydrogens (tertiary/aromatic N) is 1. The summed E-state index contributed by atoms with van der Waals surface area (Å²) >= 11 is 1.60. The summed E-state index contributed by atoms with van der Waals surface area (Å²) in [5, 5.41) is 3.00. The smallest absolute Gasteiger partial charge is 0.263 e. The first-order valence-corrected chi connectivity index (χ1v) is 10.8. The van der Waals surface area contributed by atoms with Gasteiger partial charge in [0.1, 0.15) is 11.5 Å². The van der Waals surface area contributed by atoms with Crippen molar-refractivity contribution in [2.45, 2.75) is 32.1 Å². The molecule has 0 radical (unpaired) electrons. The molecule has 4 rings (SSSR count). The van der Waals surface area contributed by atoms with Gasteiger partial charge in [-0.2, -0.15) is 0 Å². The van der Waals surface area contributed by atoms with Crippen molar-refractivity contribution in [2.24, 2.45) is 5.92 Å². The van der Waals surface area contributed by atoms with Crippen molar-refractivity contribution in [1.82, 2.24) is 4.90 Å². The fraction of sp³-hybridized carbons (Fsp3) is 0.455. The number of likely N-dealkylation sites (tertiary alicyclic amines) is 1. The van der Waals surface area contributed by atoms with Gasteiger partial charge in [-0.25, -0.2) is 0 Å². The highest BCUT2D eigenvalue weighted by atomic mass is 32.1. The molecule has 1 N–H and O–H groups in total. The lowest BCUT2D eigenvalue weighted by Crippen LogP contribution is -2.27. The van der Waals surface area contributed by atoms with E-state index in [-0.39, 0.29) is 17.7 Å². The lowest BCUT2D eigenvalue weighted by molar-refractivity contribution is -0.120. The molecule has 1 aliphatic carbocycles. The Hall–Kier alpha value is -2.54. The summed E-state index contributed by atoms with van der Waals surface area (Å²) in [6.07, 6.45) is 4.46. The molecule has 1 aromatic heterocycles. The van der Waals surface area contributed by atoms with E-state index in [2.05, 4.69) is 5.32 Å². The predicted molar refractivity (Wildman–Crippen MR) is 113 cm³/mol. The van der Waals surface area contributed by atoms with E-state index >= 15 is 0 Å². The number of rotatable bonds is 5. The van der Waals surface area contributed by atoms with Gasteiger partial charge in [-0.1, -0.05) is 0 Å². The fourth-order valence-corrected chi connectivity index (χ4v) is 5.25. The van der Waals surface area contributed by atoms with Gasteiger partial charge in [-0.3, -0.25) is 9.59 Å². The monoisotopic (exact) mass is 414 g/mol. The van der Waals surface area contributed by atoms with Gasteiger partial charge in [0.2, 0.25) is 5.91 Å². The molecule has 1 atom stereocenters. The number of hydrogen-bond donors (Lipinski definition) is 1. The maximum atomic E-state index is 12.9. The van der Waals surface area contributed by atoms with E-state index in [1.165, 1.54) is 4.88 Å². The Kier molecular flexibility index (Phi) is 5.76. The molecule has 154 valence electrons. The van der Waals surface area contributed by atoms with Gasteiger partial charge in [-0.05, 0) is 55.9 Å². The highest BCUT2D eigenvalue weighted by Gasteiger charge is 2.29. The number of benzene rings is 1. The molecular weight excluding hydrogens is 388 g/mol. The number of nitrogens with one attached hydrogen (secondary N) is 1. The molecule has 1 aliphatic heterocycles. The van der Waals surface area contributed by atoms with E-state index in [9.17, 15) is 9.59 Å². The zero-order chi connectivity index (χ0) is 20.4. The Morgan fingerprint density at radius 1 is 1.14 bits per heavy atom. The second-order valence-electron chi connectivity index (χ2n) is 7.55. The molecule has 1 aromatic carbocycles. The van der Waals surface area contributed by atoms with Crippen LogP contribution in [0, 0.1) is 5.92 Å². The zero-order valence-corrected chi connectivity index (χ0v) is 17.6. The maximum Gasteiger partial charge on any atom is 0.263 e. The lowest BCUT2D eigenvalue weighted by atomic mass is 9.87. The van der Waals surface area contributed by atoms with Crippen LogP contribution in [0.3, 0.4) is 0 Å². The Labute approximate surface area is 174 Å². The summed E-state index contributed by atoms with van der Waals surface area (Å²) in [5.74, 6) is 1.26. The second-order valence-corrected chi connectivity index (χ2v) is 8.69. The van der Waals surface area contributed by atoms with Gasteiger partial charge in [0.05, 0.1) is 24.8 Å². The van der Waals surface area contributed by atoms with Crippen LogP contribution in [0.15, 0.2) is 24.3 Å². The molecule has 2 aliphatic rings. The molecule has 2 amide bonds. The van der Waals surface area contributed by atoms with E-state index in [0.29, 0.717) is 23.6 Å². The summed E-state index contributed by atoms with van der Waals surface area (Å²) < 4.78 is 10.6. The Balaban J connectivity index is 1.46. The molecule has 1 unspecified atom stereocenters. The third-order valence-electron chi connectivity index (χ3n) is 5.72. The van der Waals surface area contributed by atoms with E-state index in [4.69, 9.17) is 9.47 Å². The summed E-state index contributed by atoms with van der Waals surface area (Å²) in [4.78, 5) is 29.6. The molecule has 6 nitrogen and oxygen atoms in total. The summed E-state index contributed by atoms with van der Waals surface area (Å²) in [5.41, 5.74) is 1.75. The van der Waals surface area contributed by atoms with E-state index in [1.807, 2.05) is 11.0 Å². The van der Waals surface area contributed by atoms with Gasteiger partial charge in [0, 0.05) is 30.0 Å². The standard InChI is InChI=1S/C22H26N2O4S/c1-27-16-6-7-18(28-2)17(13-16)23-21(25)14-5-8-19-15(11-14)12-20(29-19)22(26)24-9-3-4-10-24/h6-7,12-14H,3-5,8-11H2,1-2H3,(H,23,25). The van der Waals surface area contributed by atoms with Gasteiger partial charge in [0.15, 0.2) is 0 Å². The van der Waals surface area contributed by atoms with Crippen LogP contribution in [-0.4, -0.2) is 44.0 Å². The molecule has 2 aromatic rings. The minimum atomic E-state index is -0.122. The topological polar surface area (TPSA) is 67.9 Å². The van der Waals surface area contributed by atoms with Crippen molar-refractivity contribution in [2.75, 3.05) is 32.6 Å². The molecule has 7 heteroatoms. The maximum absolute atomic E-state index is 12.9. The third-order valence-corrected chi connectivity index (χ3v) is 6.95. The number of carbonyl (C=O) groups is 2. The number of hydrogen-bond acceptors (Lipinski definition) is 5. The van der Waals surface area contributed by atoms with Crippen LogP contribution in [0.4, 0.5) is 5.69 Å². The van der Waals surface area contributed by atoms with Gasteiger partial charge in [-0.15, -0.1) is 11.3 Å². The van der Waals surface area contributed by atoms with Gasteiger partial charge in [0.25, 0.3) is 5.91 Å². The number of amides is 2. The largest absolute Gasteiger partial charge is 0.497 e. The summed E-state index contributed by atoms with van der Waals surface area (Å²) in [6.45, 7) is 1.71. The zero-order valence-electron chi connectivity index (χ0n) is 16.8. The fourth-order valence-electron chi connectivity index (χ4n) is 4.08. The number of fused-ring (bicyclic) bond motifs is 1. The van der Waals surface area contributed by atoms with Crippen LogP contribution >= 0.6 is 11.3 Å². The van der Waals surface area contributed by atoms with Crippen molar-refractivity contribution < 1.29 is 19.1 Å². The third kappa shape index (κ3) is 4.10. The quantitative estimate of drug-likeness (QED) is 0.809. The van der Waals surface area contributed by atoms with Crippen molar-refractivity contribution in [3.63, 3.8) is 0 Å². The van der Waals surface area contributed by atoms with Gasteiger partial charge >= 0.3 is 0 Å². The van der Waals surface area contributed by atoms with Gasteiger partial charge < -0.3 is 19.7 Å². The number of anilines is 1. The first kappa shape index (κ1) is 19.8. The summed E-state index contributed by atoms with van der Waals surface area (Å²) in [6, 6.07) is 7.35. The molecule has 1 fully saturated rings. The number of thiophene rings is 1. The van der Waals surface area contributed by atoms with E-state index < -0.39 is 0 Å². The van der Waals surface area contributed by atoms with Crippen LogP contribution in [0.1, 0.15) is 39.4 Å². The molecule has 1 saturated heterocycles. The lowest BCUT2D eigenvalue weighted by Gasteiger charge is -2.22. The number of methoxy groups -OCH3 is 2. The highest BCUT2D eigenvalue weighted by molar-refractivity contribution is 7.14. The summed E-state index contributed by atoms with van der Waals surface area (Å²) in [7, 11) is 3.17. The minimum absolute atomic E-state index is 0.0270. The van der Waals surface area contributed by atoms with Crippen molar-refractivity contribution in [3.8, 4) is 11.5 Å².